The number of anilines is 1. The number of likely N-dealkylation sites (tertiary alicyclic amines) is 1. The van der Waals surface area contributed by atoms with E-state index in [0.29, 0.717) is 35.5 Å². The minimum Gasteiger partial charge on any atom is -0.409 e. The van der Waals surface area contributed by atoms with Gasteiger partial charge in [0.2, 0.25) is 0 Å². The number of aromatic amines is 1. The lowest BCUT2D eigenvalue weighted by Gasteiger charge is -2.30. The number of aromatic nitrogens is 3. The highest BCUT2D eigenvalue weighted by Gasteiger charge is 2.25. The molecule has 0 unspecified atom stereocenters. The molecule has 11 heteroatoms. The van der Waals surface area contributed by atoms with Crippen molar-refractivity contribution in [2.45, 2.75) is 29.8 Å². The van der Waals surface area contributed by atoms with Gasteiger partial charge in [-0.3, -0.25) is 9.69 Å². The van der Waals surface area contributed by atoms with Crippen LogP contribution in [0.25, 0.3) is 0 Å². The Bertz CT molecular complexity index is 1160. The first-order valence-electron chi connectivity index (χ1n) is 12.4. The number of carbonyl (C=O) groups is 2. The number of imidazole rings is 1. The molecule has 0 bridgehead atoms. The van der Waals surface area contributed by atoms with Crippen LogP contribution in [0.4, 0.5) is 10.6 Å². The number of nitrogens with one attached hydrogen (secondary N) is 2. The highest BCUT2D eigenvalue weighted by atomic mass is 32.2. The molecule has 2 aromatic heterocycles. The van der Waals surface area contributed by atoms with Crippen molar-refractivity contribution < 1.29 is 19.1 Å². The Morgan fingerprint density at radius 2 is 1.84 bits per heavy atom. The van der Waals surface area contributed by atoms with Crippen LogP contribution in [0.15, 0.2) is 60.1 Å². The number of hydrogen-bond donors (Lipinski definition) is 2. The molecule has 10 nitrogen and oxygen atoms in total. The number of pyridine rings is 1. The van der Waals surface area contributed by atoms with Gasteiger partial charge in [-0.15, -0.1) is 0 Å². The number of thioether (sulfide) groups is 1. The lowest BCUT2D eigenvalue weighted by atomic mass is 10.1. The minimum atomic E-state index is -0.391. The van der Waals surface area contributed by atoms with E-state index < -0.39 is 6.09 Å². The second-order valence-electron chi connectivity index (χ2n) is 8.99. The fourth-order valence-electron chi connectivity index (χ4n) is 4.28. The number of hydrogen-bond acceptors (Lipinski definition) is 8. The lowest BCUT2D eigenvalue weighted by molar-refractivity contribution is 0.0342. The molecular formula is C26H30N6O4S. The van der Waals surface area contributed by atoms with E-state index in [9.17, 15) is 9.59 Å². The Morgan fingerprint density at radius 3 is 2.51 bits per heavy atom. The quantitative estimate of drug-likeness (QED) is 0.484. The first-order chi connectivity index (χ1) is 18.1. The number of carbonyl (C=O) groups excluding carboxylic acids is 2. The number of ether oxygens (including phenoxy) is 2. The highest BCUT2D eigenvalue weighted by Crippen LogP contribution is 2.28. The van der Waals surface area contributed by atoms with Gasteiger partial charge in [0.25, 0.3) is 5.91 Å². The number of morpholine rings is 1. The number of nitrogens with zero attached hydrogens (tertiary/aromatic N) is 4. The van der Waals surface area contributed by atoms with Crippen molar-refractivity contribution in [3.63, 3.8) is 0 Å². The molecule has 0 atom stereocenters. The van der Waals surface area contributed by atoms with Crippen LogP contribution in [0.1, 0.15) is 28.8 Å². The van der Waals surface area contributed by atoms with Crippen LogP contribution in [-0.2, 0) is 11.3 Å². The normalized spacial score (nSPS) is 16.9. The van der Waals surface area contributed by atoms with E-state index in [1.807, 2.05) is 30.5 Å². The topological polar surface area (TPSA) is 113 Å². The van der Waals surface area contributed by atoms with Gasteiger partial charge in [0.15, 0.2) is 10.9 Å². The van der Waals surface area contributed by atoms with Crippen molar-refractivity contribution in [2.24, 2.45) is 0 Å². The van der Waals surface area contributed by atoms with E-state index in [0.717, 1.165) is 56.4 Å². The standard InChI is InChI=1S/C26H30N6O4S/c33-24(20-3-1-19(2-4-20)18-31-13-15-35-16-14-31)30-23-6-5-21(17-29-23)36-26(34)32-11-7-22(8-12-32)37-25-27-9-10-28-25/h1-6,9-10,17,22H,7-8,11-16,18H2,(H,27,28)(H,29,30,33). The molecule has 0 saturated carbocycles. The third-order valence-corrected chi connectivity index (χ3v) is 7.61. The molecule has 2 N–H and O–H groups in total. The van der Waals surface area contributed by atoms with Gasteiger partial charge in [0.1, 0.15) is 5.82 Å². The summed E-state index contributed by atoms with van der Waals surface area (Å²) in [5, 5.41) is 4.11. The molecule has 0 spiro atoms. The van der Waals surface area contributed by atoms with E-state index in [1.165, 1.54) is 6.20 Å². The average Bonchev–Trinajstić information content (AvgIpc) is 3.44. The van der Waals surface area contributed by atoms with Crippen LogP contribution in [0, 0.1) is 0 Å². The molecule has 37 heavy (non-hydrogen) atoms. The van der Waals surface area contributed by atoms with Crippen LogP contribution in [0.5, 0.6) is 5.75 Å². The van der Waals surface area contributed by atoms with Crippen molar-refractivity contribution in [1.29, 1.82) is 0 Å². The number of amides is 2. The Hall–Kier alpha value is -3.41. The predicted molar refractivity (Wildman–Crippen MR) is 140 cm³/mol. The third kappa shape index (κ3) is 7.09. The smallest absolute Gasteiger partial charge is 0.409 e. The predicted octanol–water partition coefficient (Wildman–Crippen LogP) is 3.64. The molecule has 0 aliphatic carbocycles. The Labute approximate surface area is 219 Å². The second-order valence-corrected chi connectivity index (χ2v) is 10.3. The Morgan fingerprint density at radius 1 is 1.05 bits per heavy atom. The first-order valence-corrected chi connectivity index (χ1v) is 13.3. The number of benzene rings is 1. The molecule has 2 fully saturated rings. The maximum atomic E-state index is 12.6. The molecule has 2 aliphatic rings. The zero-order valence-corrected chi connectivity index (χ0v) is 21.3. The maximum Gasteiger partial charge on any atom is 0.415 e. The van der Waals surface area contributed by atoms with E-state index in [1.54, 1.807) is 35.0 Å². The maximum absolute atomic E-state index is 12.6. The summed E-state index contributed by atoms with van der Waals surface area (Å²) < 4.78 is 10.9. The van der Waals surface area contributed by atoms with Crippen LogP contribution in [0.3, 0.4) is 0 Å². The van der Waals surface area contributed by atoms with Crippen molar-refractivity contribution in [1.82, 2.24) is 24.8 Å². The summed E-state index contributed by atoms with van der Waals surface area (Å²) in [6.45, 7) is 5.46. The number of H-pyrrole nitrogens is 1. The Balaban J connectivity index is 1.07. The summed E-state index contributed by atoms with van der Waals surface area (Å²) in [5.74, 6) is 0.478. The SMILES string of the molecule is O=C(Nc1ccc(OC(=O)N2CCC(Sc3ncc[nH]3)CC2)cn1)c1ccc(CN2CCOCC2)cc1. The largest absolute Gasteiger partial charge is 0.415 e. The highest BCUT2D eigenvalue weighted by molar-refractivity contribution is 7.99. The van der Waals surface area contributed by atoms with Gasteiger partial charge in [-0.05, 0) is 42.7 Å². The zero-order chi connectivity index (χ0) is 25.5. The van der Waals surface area contributed by atoms with E-state index in [4.69, 9.17) is 9.47 Å². The molecule has 2 saturated heterocycles. The molecule has 194 valence electrons. The molecule has 4 heterocycles. The number of rotatable bonds is 7. The van der Waals surface area contributed by atoms with Gasteiger partial charge >= 0.3 is 6.09 Å². The molecule has 1 aromatic carbocycles. The average molecular weight is 523 g/mol. The summed E-state index contributed by atoms with van der Waals surface area (Å²) in [6.07, 6.45) is 6.35. The molecule has 3 aromatic rings. The summed E-state index contributed by atoms with van der Waals surface area (Å²) in [6, 6.07) is 10.8. The molecule has 2 aliphatic heterocycles. The van der Waals surface area contributed by atoms with Gasteiger partial charge in [0, 0.05) is 55.9 Å². The summed E-state index contributed by atoms with van der Waals surface area (Å²) in [4.78, 5) is 40.8. The van der Waals surface area contributed by atoms with Gasteiger partial charge in [-0.2, -0.15) is 0 Å². The zero-order valence-electron chi connectivity index (χ0n) is 20.5. The van der Waals surface area contributed by atoms with Crippen LogP contribution >= 0.6 is 11.8 Å². The van der Waals surface area contributed by atoms with Gasteiger partial charge < -0.3 is 24.7 Å². The summed E-state index contributed by atoms with van der Waals surface area (Å²) in [5.41, 5.74) is 1.71. The van der Waals surface area contributed by atoms with Crippen molar-refractivity contribution >= 4 is 29.6 Å². The monoisotopic (exact) mass is 522 g/mol. The summed E-state index contributed by atoms with van der Waals surface area (Å²) >= 11 is 1.71. The van der Waals surface area contributed by atoms with E-state index in [2.05, 4.69) is 25.2 Å². The Kier molecular flexibility index (Phi) is 8.34. The van der Waals surface area contributed by atoms with E-state index in [-0.39, 0.29) is 5.91 Å². The molecular weight excluding hydrogens is 492 g/mol. The third-order valence-electron chi connectivity index (χ3n) is 6.36. The van der Waals surface area contributed by atoms with Crippen LogP contribution in [0.2, 0.25) is 0 Å². The van der Waals surface area contributed by atoms with Crippen LogP contribution < -0.4 is 10.1 Å². The van der Waals surface area contributed by atoms with Crippen molar-refractivity contribution in [2.75, 3.05) is 44.7 Å². The fraction of sp³-hybridized carbons (Fsp3) is 0.385. The summed E-state index contributed by atoms with van der Waals surface area (Å²) in [7, 11) is 0. The molecule has 2 amide bonds. The fourth-order valence-corrected chi connectivity index (χ4v) is 5.30. The minimum absolute atomic E-state index is 0.245. The van der Waals surface area contributed by atoms with Crippen molar-refractivity contribution in [3.8, 4) is 5.75 Å². The van der Waals surface area contributed by atoms with Gasteiger partial charge in [-0.1, -0.05) is 23.9 Å². The lowest BCUT2D eigenvalue weighted by Crippen LogP contribution is -2.40. The molecule has 0 radical (unpaired) electrons. The van der Waals surface area contributed by atoms with E-state index >= 15 is 0 Å². The van der Waals surface area contributed by atoms with Gasteiger partial charge in [0.05, 0.1) is 19.4 Å². The molecule has 5 rings (SSSR count). The van der Waals surface area contributed by atoms with Crippen LogP contribution in [-0.4, -0.2) is 81.4 Å². The first kappa shape index (κ1) is 25.2. The van der Waals surface area contributed by atoms with Gasteiger partial charge in [-0.25, -0.2) is 14.8 Å². The number of piperidine rings is 1. The second kappa shape index (κ2) is 12.2. The van der Waals surface area contributed by atoms with Crippen molar-refractivity contribution in [3.05, 3.63) is 66.1 Å².